The predicted octanol–water partition coefficient (Wildman–Crippen LogP) is 3.35. The number of terminal acetylenes is 1. The molecule has 0 radical (unpaired) electrons. The molecular formula is C24H29N5O4S. The Morgan fingerprint density at radius 1 is 1.38 bits per heavy atom. The van der Waals surface area contributed by atoms with Gasteiger partial charge in [0.15, 0.2) is 9.84 Å². The van der Waals surface area contributed by atoms with Gasteiger partial charge in [-0.05, 0) is 53.8 Å². The number of H-pyrrole nitrogens is 1. The molecule has 1 aliphatic heterocycles. The van der Waals surface area contributed by atoms with E-state index in [4.69, 9.17) is 6.42 Å². The minimum atomic E-state index is -3.21. The van der Waals surface area contributed by atoms with E-state index in [0.29, 0.717) is 35.2 Å². The standard InChI is InChI=1S/C24H29N5O4S/c1-4-20-18(12-11-17-8-7-13-25-17)22-19(23-24(29(30)31)27-16(3)26-23)9-6-10-21(22)28(20)14-15-34(32,33)5-2/h1,6,9-10,17,25H,5,7-8,11-15H2,2-3H3,(H,26,27). The van der Waals surface area contributed by atoms with Gasteiger partial charge in [0.25, 0.3) is 0 Å². The van der Waals surface area contributed by atoms with Crippen LogP contribution in [-0.2, 0) is 22.8 Å². The van der Waals surface area contributed by atoms with E-state index in [2.05, 4.69) is 21.2 Å². The van der Waals surface area contributed by atoms with Crippen molar-refractivity contribution < 1.29 is 13.3 Å². The number of sulfone groups is 1. The third-order valence-corrected chi connectivity index (χ3v) is 8.23. The zero-order valence-electron chi connectivity index (χ0n) is 19.4. The molecule has 1 saturated heterocycles. The number of hydrogen-bond donors (Lipinski definition) is 2. The van der Waals surface area contributed by atoms with Crippen LogP contribution in [0.3, 0.4) is 0 Å². The quantitative estimate of drug-likeness (QED) is 0.273. The third kappa shape index (κ3) is 4.58. The molecule has 2 aromatic heterocycles. The lowest BCUT2D eigenvalue weighted by Crippen LogP contribution is -2.21. The molecule has 34 heavy (non-hydrogen) atoms. The first-order valence-electron chi connectivity index (χ1n) is 11.5. The molecule has 1 aromatic carbocycles. The van der Waals surface area contributed by atoms with Crippen LogP contribution in [0, 0.1) is 29.4 Å². The summed E-state index contributed by atoms with van der Waals surface area (Å²) in [6, 6.07) is 5.92. The number of aryl methyl sites for hydroxylation is 3. The average molecular weight is 484 g/mol. The largest absolute Gasteiger partial charge is 0.389 e. The van der Waals surface area contributed by atoms with Gasteiger partial charge in [0.2, 0.25) is 5.82 Å². The lowest BCUT2D eigenvalue weighted by atomic mass is 9.97. The highest BCUT2D eigenvalue weighted by Crippen LogP contribution is 2.38. The Bertz CT molecular complexity index is 1370. The molecule has 0 bridgehead atoms. The van der Waals surface area contributed by atoms with Gasteiger partial charge >= 0.3 is 5.82 Å². The topological polar surface area (TPSA) is 123 Å². The van der Waals surface area contributed by atoms with Crippen LogP contribution >= 0.6 is 0 Å². The van der Waals surface area contributed by atoms with Crippen molar-refractivity contribution in [2.24, 2.45) is 0 Å². The first-order valence-corrected chi connectivity index (χ1v) is 13.3. The first-order chi connectivity index (χ1) is 16.3. The van der Waals surface area contributed by atoms with Gasteiger partial charge < -0.3 is 25.0 Å². The van der Waals surface area contributed by atoms with E-state index in [1.54, 1.807) is 13.8 Å². The number of nitrogens with one attached hydrogen (secondary N) is 2. The van der Waals surface area contributed by atoms with Crippen LogP contribution < -0.4 is 5.32 Å². The highest BCUT2D eigenvalue weighted by Gasteiger charge is 2.27. The molecule has 0 saturated carbocycles. The van der Waals surface area contributed by atoms with Crippen LogP contribution in [0.1, 0.15) is 43.3 Å². The van der Waals surface area contributed by atoms with Crippen LogP contribution in [0.5, 0.6) is 0 Å². The van der Waals surface area contributed by atoms with Gasteiger partial charge in [-0.15, -0.1) is 6.42 Å². The number of hydrogen-bond acceptors (Lipinski definition) is 6. The van der Waals surface area contributed by atoms with E-state index in [-0.39, 0.29) is 23.9 Å². The maximum absolute atomic E-state index is 12.3. The Morgan fingerprint density at radius 3 is 2.82 bits per heavy atom. The van der Waals surface area contributed by atoms with E-state index in [0.717, 1.165) is 42.3 Å². The first kappa shape index (κ1) is 24.0. The number of fused-ring (bicyclic) bond motifs is 1. The summed E-state index contributed by atoms with van der Waals surface area (Å²) in [5.74, 6) is 3.03. The summed E-state index contributed by atoms with van der Waals surface area (Å²) >= 11 is 0. The lowest BCUT2D eigenvalue weighted by molar-refractivity contribution is -0.388. The predicted molar refractivity (Wildman–Crippen MR) is 133 cm³/mol. The molecule has 9 nitrogen and oxygen atoms in total. The molecular weight excluding hydrogens is 454 g/mol. The van der Waals surface area contributed by atoms with E-state index < -0.39 is 14.8 Å². The highest BCUT2D eigenvalue weighted by molar-refractivity contribution is 7.91. The van der Waals surface area contributed by atoms with Gasteiger partial charge in [0.05, 0.1) is 11.4 Å². The zero-order chi connectivity index (χ0) is 24.5. The Morgan fingerprint density at radius 2 is 2.18 bits per heavy atom. The van der Waals surface area contributed by atoms with E-state index in [1.807, 2.05) is 22.8 Å². The molecule has 1 unspecified atom stereocenters. The number of benzene rings is 1. The maximum Gasteiger partial charge on any atom is 0.389 e. The van der Waals surface area contributed by atoms with Crippen molar-refractivity contribution in [1.82, 2.24) is 19.9 Å². The van der Waals surface area contributed by atoms with Gasteiger partial charge in [-0.1, -0.05) is 25.0 Å². The smallest absolute Gasteiger partial charge is 0.358 e. The summed E-state index contributed by atoms with van der Waals surface area (Å²) in [5.41, 5.74) is 3.29. The van der Waals surface area contributed by atoms with Crippen molar-refractivity contribution in [1.29, 1.82) is 0 Å². The summed E-state index contributed by atoms with van der Waals surface area (Å²) < 4.78 is 26.4. The Balaban J connectivity index is 1.92. The minimum absolute atomic E-state index is 0.0286. The summed E-state index contributed by atoms with van der Waals surface area (Å²) in [4.78, 5) is 18.3. The third-order valence-electron chi connectivity index (χ3n) is 6.54. The van der Waals surface area contributed by atoms with Gasteiger partial charge in [-0.3, -0.25) is 0 Å². The molecule has 0 aliphatic carbocycles. The Labute approximate surface area is 199 Å². The van der Waals surface area contributed by atoms with E-state index in [1.165, 1.54) is 0 Å². The molecule has 1 fully saturated rings. The molecule has 1 aliphatic rings. The molecule has 3 heterocycles. The fraction of sp³-hybridized carbons (Fsp3) is 0.458. The van der Waals surface area contributed by atoms with Crippen LogP contribution in [0.2, 0.25) is 0 Å². The van der Waals surface area contributed by atoms with Crippen molar-refractivity contribution in [3.05, 3.63) is 45.4 Å². The SMILES string of the molecule is C#Cc1c(CCC2CCCN2)c2c(-c3[nH]c(C)nc3[N+](=O)[O-])cccc2n1CCS(=O)(=O)CC. The molecule has 3 aromatic rings. The second-order valence-electron chi connectivity index (χ2n) is 8.67. The van der Waals surface area contributed by atoms with E-state index in [9.17, 15) is 18.5 Å². The van der Waals surface area contributed by atoms with Crippen LogP contribution in [0.25, 0.3) is 22.2 Å². The van der Waals surface area contributed by atoms with Crippen molar-refractivity contribution in [2.45, 2.75) is 52.1 Å². The minimum Gasteiger partial charge on any atom is -0.358 e. The fourth-order valence-electron chi connectivity index (χ4n) is 4.83. The molecule has 1 atom stereocenters. The molecule has 4 rings (SSSR count). The second-order valence-corrected chi connectivity index (χ2v) is 11.1. The fourth-order valence-corrected chi connectivity index (χ4v) is 5.58. The van der Waals surface area contributed by atoms with E-state index >= 15 is 0 Å². The Kier molecular flexibility index (Phi) is 6.77. The monoisotopic (exact) mass is 483 g/mol. The van der Waals surface area contributed by atoms with Crippen LogP contribution in [-0.4, -0.2) is 52.0 Å². The molecule has 10 heteroatoms. The Hall–Kier alpha value is -3.16. The average Bonchev–Trinajstić information content (AvgIpc) is 3.53. The van der Waals surface area contributed by atoms with Crippen molar-refractivity contribution in [2.75, 3.05) is 18.1 Å². The van der Waals surface area contributed by atoms with Crippen LogP contribution in [0.15, 0.2) is 18.2 Å². The number of aromatic nitrogens is 3. The number of imidazole rings is 1. The number of nitrogens with zero attached hydrogens (tertiary/aromatic N) is 3. The van der Waals surface area contributed by atoms with Gasteiger partial charge in [0.1, 0.15) is 5.69 Å². The van der Waals surface area contributed by atoms with Gasteiger partial charge in [-0.25, -0.2) is 8.42 Å². The molecule has 0 amide bonds. The van der Waals surface area contributed by atoms with Gasteiger partial charge in [0, 0.05) is 41.7 Å². The number of nitro groups is 1. The zero-order valence-corrected chi connectivity index (χ0v) is 20.2. The summed E-state index contributed by atoms with van der Waals surface area (Å²) in [5, 5.41) is 16.0. The van der Waals surface area contributed by atoms with Crippen molar-refractivity contribution in [3.8, 4) is 23.6 Å². The molecule has 180 valence electrons. The molecule has 2 N–H and O–H groups in total. The normalized spacial score (nSPS) is 16.2. The number of rotatable bonds is 9. The van der Waals surface area contributed by atoms with Gasteiger partial charge in [-0.2, -0.15) is 0 Å². The highest BCUT2D eigenvalue weighted by atomic mass is 32.2. The van der Waals surface area contributed by atoms with Crippen LogP contribution in [0.4, 0.5) is 5.82 Å². The summed E-state index contributed by atoms with van der Waals surface area (Å²) in [6.45, 7) is 4.52. The number of aromatic amines is 1. The lowest BCUT2D eigenvalue weighted by Gasteiger charge is -2.11. The maximum atomic E-state index is 12.3. The van der Waals surface area contributed by atoms with Crippen molar-refractivity contribution in [3.63, 3.8) is 0 Å². The van der Waals surface area contributed by atoms with Crippen molar-refractivity contribution >= 4 is 26.6 Å². The molecule has 0 spiro atoms. The second kappa shape index (κ2) is 9.60. The summed E-state index contributed by atoms with van der Waals surface area (Å²) in [7, 11) is -3.21. The summed E-state index contributed by atoms with van der Waals surface area (Å²) in [6.07, 6.45) is 9.76.